The molecule has 0 aliphatic rings. The van der Waals surface area contributed by atoms with Crippen LogP contribution in [-0.4, -0.2) is 36.7 Å². The fraction of sp³-hybridized carbons (Fsp3) is 0.467. The Morgan fingerprint density at radius 3 is 2.38 bits per heavy atom. The van der Waals surface area contributed by atoms with Crippen LogP contribution in [0.25, 0.3) is 0 Å². The van der Waals surface area contributed by atoms with E-state index >= 15 is 0 Å². The number of methoxy groups -OCH3 is 1. The van der Waals surface area contributed by atoms with Crippen molar-refractivity contribution in [1.29, 1.82) is 0 Å². The van der Waals surface area contributed by atoms with Crippen molar-refractivity contribution in [2.75, 3.05) is 13.7 Å². The Labute approximate surface area is 124 Å². The first-order valence-corrected chi connectivity index (χ1v) is 6.85. The summed E-state index contributed by atoms with van der Waals surface area (Å²) in [6, 6.07) is 6.18. The third-order valence-electron chi connectivity index (χ3n) is 2.87. The van der Waals surface area contributed by atoms with Crippen LogP contribution in [0.5, 0.6) is 11.5 Å². The van der Waals surface area contributed by atoms with Gasteiger partial charge in [-0.25, -0.2) is 4.79 Å². The lowest BCUT2D eigenvalue weighted by molar-refractivity contribution is -0.142. The third-order valence-corrected chi connectivity index (χ3v) is 2.87. The number of ether oxygens (including phenoxy) is 2. The molecule has 0 fully saturated rings. The molecule has 0 aliphatic heterocycles. The minimum Gasteiger partial charge on any atom is -0.497 e. The maximum Gasteiger partial charge on any atom is 0.326 e. The molecule has 0 bridgehead atoms. The van der Waals surface area contributed by atoms with Crippen LogP contribution in [0.3, 0.4) is 0 Å². The van der Waals surface area contributed by atoms with E-state index in [0.717, 1.165) is 5.75 Å². The standard InChI is InChI=1S/C15H21NO5/c1-3-4-13(15(18)19)16-14(17)9-10-21-12-7-5-11(20-2)6-8-12/h5-8,13H,3-4,9-10H2,1-2H3,(H,16,17)(H,18,19). The highest BCUT2D eigenvalue weighted by atomic mass is 16.5. The Balaban J connectivity index is 2.33. The SMILES string of the molecule is CCCC(NC(=O)CCOc1ccc(OC)cc1)C(=O)O. The molecule has 1 amide bonds. The van der Waals surface area contributed by atoms with Gasteiger partial charge in [-0.1, -0.05) is 13.3 Å². The highest BCUT2D eigenvalue weighted by Gasteiger charge is 2.18. The quantitative estimate of drug-likeness (QED) is 0.726. The normalized spacial score (nSPS) is 11.5. The number of carboxylic acid groups (broad SMARTS) is 1. The minimum atomic E-state index is -1.01. The molecule has 1 rings (SSSR count). The summed E-state index contributed by atoms with van der Waals surface area (Å²) in [5, 5.41) is 11.4. The number of aliphatic carboxylic acids is 1. The number of hydrogen-bond acceptors (Lipinski definition) is 4. The van der Waals surface area contributed by atoms with Gasteiger partial charge < -0.3 is 19.9 Å². The molecular formula is C15H21NO5. The topological polar surface area (TPSA) is 84.9 Å². The fourth-order valence-corrected chi connectivity index (χ4v) is 1.75. The van der Waals surface area contributed by atoms with Crippen LogP contribution in [-0.2, 0) is 9.59 Å². The average molecular weight is 295 g/mol. The second-order valence-corrected chi connectivity index (χ2v) is 4.52. The molecule has 0 spiro atoms. The lowest BCUT2D eigenvalue weighted by Crippen LogP contribution is -2.41. The van der Waals surface area contributed by atoms with Gasteiger partial charge in [0.15, 0.2) is 0 Å². The summed E-state index contributed by atoms with van der Waals surface area (Å²) in [6.07, 6.45) is 1.22. The van der Waals surface area contributed by atoms with Gasteiger partial charge in [-0.3, -0.25) is 4.79 Å². The lowest BCUT2D eigenvalue weighted by Gasteiger charge is -2.13. The van der Waals surface area contributed by atoms with Gasteiger partial charge in [0.05, 0.1) is 20.1 Å². The van der Waals surface area contributed by atoms with Gasteiger partial charge in [0.25, 0.3) is 0 Å². The van der Waals surface area contributed by atoms with E-state index in [-0.39, 0.29) is 18.9 Å². The molecule has 0 saturated carbocycles. The summed E-state index contributed by atoms with van der Waals surface area (Å²) in [5.74, 6) is 0.0153. The first-order chi connectivity index (χ1) is 10.1. The summed E-state index contributed by atoms with van der Waals surface area (Å²) in [5.41, 5.74) is 0. The maximum absolute atomic E-state index is 11.6. The lowest BCUT2D eigenvalue weighted by atomic mass is 10.1. The van der Waals surface area contributed by atoms with E-state index in [9.17, 15) is 9.59 Å². The van der Waals surface area contributed by atoms with Gasteiger partial charge >= 0.3 is 5.97 Å². The molecular weight excluding hydrogens is 274 g/mol. The fourth-order valence-electron chi connectivity index (χ4n) is 1.75. The number of nitrogens with one attached hydrogen (secondary N) is 1. The molecule has 6 heteroatoms. The summed E-state index contributed by atoms with van der Waals surface area (Å²) in [6.45, 7) is 2.06. The van der Waals surface area contributed by atoms with Crippen molar-refractivity contribution in [1.82, 2.24) is 5.32 Å². The number of benzene rings is 1. The number of carbonyl (C=O) groups is 2. The predicted molar refractivity (Wildman–Crippen MR) is 77.6 cm³/mol. The Morgan fingerprint density at radius 2 is 1.86 bits per heavy atom. The second kappa shape index (κ2) is 8.84. The number of carbonyl (C=O) groups excluding carboxylic acids is 1. The highest BCUT2D eigenvalue weighted by molar-refractivity contribution is 5.83. The number of rotatable bonds is 9. The number of amides is 1. The van der Waals surface area contributed by atoms with Crippen molar-refractivity contribution in [2.45, 2.75) is 32.2 Å². The van der Waals surface area contributed by atoms with Crippen molar-refractivity contribution in [3.8, 4) is 11.5 Å². The monoisotopic (exact) mass is 295 g/mol. The van der Waals surface area contributed by atoms with Gasteiger partial charge in [-0.2, -0.15) is 0 Å². The molecule has 6 nitrogen and oxygen atoms in total. The summed E-state index contributed by atoms with van der Waals surface area (Å²) in [4.78, 5) is 22.6. The minimum absolute atomic E-state index is 0.111. The van der Waals surface area contributed by atoms with E-state index < -0.39 is 12.0 Å². The van der Waals surface area contributed by atoms with Crippen LogP contribution in [0.2, 0.25) is 0 Å². The molecule has 0 radical (unpaired) electrons. The van der Waals surface area contributed by atoms with E-state index in [4.69, 9.17) is 14.6 Å². The van der Waals surface area contributed by atoms with Crippen molar-refractivity contribution in [2.24, 2.45) is 0 Å². The Hall–Kier alpha value is -2.24. The van der Waals surface area contributed by atoms with E-state index in [1.165, 1.54) is 0 Å². The molecule has 116 valence electrons. The molecule has 1 aromatic carbocycles. The van der Waals surface area contributed by atoms with Gasteiger partial charge in [-0.05, 0) is 30.7 Å². The first-order valence-electron chi connectivity index (χ1n) is 6.85. The molecule has 21 heavy (non-hydrogen) atoms. The van der Waals surface area contributed by atoms with E-state index in [1.807, 2.05) is 6.92 Å². The van der Waals surface area contributed by atoms with Crippen LogP contribution < -0.4 is 14.8 Å². The molecule has 0 heterocycles. The van der Waals surface area contributed by atoms with E-state index in [1.54, 1.807) is 31.4 Å². The van der Waals surface area contributed by atoms with Crippen LogP contribution in [0.4, 0.5) is 0 Å². The van der Waals surface area contributed by atoms with Gasteiger partial charge in [0.2, 0.25) is 5.91 Å². The van der Waals surface area contributed by atoms with Crippen molar-refractivity contribution in [3.63, 3.8) is 0 Å². The average Bonchev–Trinajstić information content (AvgIpc) is 2.47. The molecule has 2 N–H and O–H groups in total. The summed E-state index contributed by atoms with van der Waals surface area (Å²) in [7, 11) is 1.58. The second-order valence-electron chi connectivity index (χ2n) is 4.52. The zero-order valence-electron chi connectivity index (χ0n) is 12.3. The third kappa shape index (κ3) is 6.16. The zero-order valence-corrected chi connectivity index (χ0v) is 12.3. The Bertz CT molecular complexity index is 458. The van der Waals surface area contributed by atoms with Crippen LogP contribution >= 0.6 is 0 Å². The van der Waals surface area contributed by atoms with Crippen LogP contribution in [0.1, 0.15) is 26.2 Å². The number of carboxylic acids is 1. The molecule has 1 aromatic rings. The first kappa shape index (κ1) is 16.8. The molecule has 1 atom stereocenters. The van der Waals surface area contributed by atoms with Crippen molar-refractivity contribution < 1.29 is 24.2 Å². The van der Waals surface area contributed by atoms with Crippen LogP contribution in [0.15, 0.2) is 24.3 Å². The molecule has 0 aromatic heterocycles. The molecule has 0 aliphatic carbocycles. The molecule has 1 unspecified atom stereocenters. The van der Waals surface area contributed by atoms with Crippen LogP contribution in [0, 0.1) is 0 Å². The summed E-state index contributed by atoms with van der Waals surface area (Å²) < 4.78 is 10.4. The maximum atomic E-state index is 11.6. The van der Waals surface area contributed by atoms with E-state index in [0.29, 0.717) is 18.6 Å². The highest BCUT2D eigenvalue weighted by Crippen LogP contribution is 2.16. The smallest absolute Gasteiger partial charge is 0.326 e. The number of hydrogen-bond donors (Lipinski definition) is 2. The van der Waals surface area contributed by atoms with Gasteiger partial charge in [0, 0.05) is 0 Å². The van der Waals surface area contributed by atoms with Gasteiger partial charge in [-0.15, -0.1) is 0 Å². The largest absolute Gasteiger partial charge is 0.497 e. The molecule has 0 saturated heterocycles. The van der Waals surface area contributed by atoms with Crippen molar-refractivity contribution >= 4 is 11.9 Å². The Morgan fingerprint density at radius 1 is 1.24 bits per heavy atom. The summed E-state index contributed by atoms with van der Waals surface area (Å²) >= 11 is 0. The van der Waals surface area contributed by atoms with Gasteiger partial charge in [0.1, 0.15) is 17.5 Å². The zero-order chi connectivity index (χ0) is 15.7. The van der Waals surface area contributed by atoms with Crippen molar-refractivity contribution in [3.05, 3.63) is 24.3 Å². The Kier molecular flexibility index (Phi) is 7.08. The predicted octanol–water partition coefficient (Wildman–Crippen LogP) is 1.83. The van der Waals surface area contributed by atoms with E-state index in [2.05, 4.69) is 5.32 Å².